The molecule has 1 unspecified atom stereocenters. The Morgan fingerprint density at radius 2 is 1.52 bits per heavy atom. The number of nitriles is 1. The van der Waals surface area contributed by atoms with Gasteiger partial charge in [-0.05, 0) is 35.4 Å². The van der Waals surface area contributed by atoms with Crippen LogP contribution in [0, 0.1) is 11.3 Å². The first-order valence-corrected chi connectivity index (χ1v) is 9.75. The Morgan fingerprint density at radius 1 is 0.935 bits per heavy atom. The molecule has 2 amide bonds. The highest BCUT2D eigenvalue weighted by Crippen LogP contribution is 2.26. The zero-order chi connectivity index (χ0) is 21.8. The van der Waals surface area contributed by atoms with Crippen molar-refractivity contribution in [3.05, 3.63) is 101 Å². The lowest BCUT2D eigenvalue weighted by molar-refractivity contribution is 0.0658. The molecule has 0 N–H and O–H groups in total. The van der Waals surface area contributed by atoms with Crippen LogP contribution in [0.3, 0.4) is 0 Å². The summed E-state index contributed by atoms with van der Waals surface area (Å²) in [5.74, 6) is -1.05. The summed E-state index contributed by atoms with van der Waals surface area (Å²) in [4.78, 5) is 25.6. The number of methoxy groups -OCH3 is 1. The molecule has 1 heterocycles. The average Bonchev–Trinajstić information content (AvgIpc) is 3.05. The van der Waals surface area contributed by atoms with Crippen LogP contribution in [0.25, 0.3) is 0 Å². The van der Waals surface area contributed by atoms with Crippen molar-refractivity contribution in [1.29, 1.82) is 5.26 Å². The second-order valence-electron chi connectivity index (χ2n) is 7.06. The summed E-state index contributed by atoms with van der Waals surface area (Å²) in [5.41, 5.74) is 2.66. The van der Waals surface area contributed by atoms with E-state index in [1.807, 2.05) is 30.3 Å². The van der Waals surface area contributed by atoms with E-state index in [4.69, 9.17) is 4.74 Å². The first-order valence-electron chi connectivity index (χ1n) is 9.75. The van der Waals surface area contributed by atoms with Crippen LogP contribution >= 0.6 is 0 Å². The van der Waals surface area contributed by atoms with Crippen molar-refractivity contribution in [2.45, 2.75) is 12.3 Å². The first kappa shape index (κ1) is 20.0. The van der Waals surface area contributed by atoms with Gasteiger partial charge in [0, 0.05) is 6.42 Å². The maximum atomic E-state index is 12.8. The summed E-state index contributed by atoms with van der Waals surface area (Å²) < 4.78 is 5.20. The van der Waals surface area contributed by atoms with Gasteiger partial charge in [-0.1, -0.05) is 54.6 Å². The quantitative estimate of drug-likeness (QED) is 0.451. The van der Waals surface area contributed by atoms with Gasteiger partial charge in [0.15, 0.2) is 0 Å². The maximum Gasteiger partial charge on any atom is 0.282 e. The molecular weight excluding hydrogens is 390 g/mol. The molecule has 0 aromatic heterocycles. The molecular formula is C25H19N3O3. The van der Waals surface area contributed by atoms with Crippen molar-refractivity contribution in [2.24, 2.45) is 5.10 Å². The minimum absolute atomic E-state index is 0.313. The molecule has 1 aliphatic rings. The first-order chi connectivity index (χ1) is 15.1. The van der Waals surface area contributed by atoms with Crippen molar-refractivity contribution in [1.82, 2.24) is 5.01 Å². The molecule has 31 heavy (non-hydrogen) atoms. The van der Waals surface area contributed by atoms with Crippen molar-refractivity contribution in [2.75, 3.05) is 7.11 Å². The number of imide groups is 1. The molecule has 6 nitrogen and oxygen atoms in total. The van der Waals surface area contributed by atoms with Gasteiger partial charge in [0.1, 0.15) is 11.7 Å². The molecule has 1 atom stereocenters. The van der Waals surface area contributed by atoms with Gasteiger partial charge >= 0.3 is 0 Å². The Hall–Kier alpha value is -4.24. The van der Waals surface area contributed by atoms with E-state index in [2.05, 4.69) is 11.2 Å². The average molecular weight is 409 g/mol. The molecule has 0 fully saturated rings. The fourth-order valence-electron chi connectivity index (χ4n) is 3.53. The zero-order valence-electron chi connectivity index (χ0n) is 16.9. The van der Waals surface area contributed by atoms with Crippen LogP contribution < -0.4 is 4.74 Å². The van der Waals surface area contributed by atoms with E-state index in [0.29, 0.717) is 34.6 Å². The Bertz CT molecular complexity index is 1160. The van der Waals surface area contributed by atoms with Gasteiger partial charge in [0.2, 0.25) is 0 Å². The fraction of sp³-hybridized carbons (Fsp3) is 0.120. The zero-order valence-corrected chi connectivity index (χ0v) is 16.9. The van der Waals surface area contributed by atoms with Crippen LogP contribution in [0.15, 0.2) is 84.0 Å². The molecule has 3 aromatic carbocycles. The van der Waals surface area contributed by atoms with E-state index in [-0.39, 0.29) is 0 Å². The molecule has 4 rings (SSSR count). The van der Waals surface area contributed by atoms with E-state index in [0.717, 1.165) is 10.6 Å². The molecule has 3 aromatic rings. The number of ether oxygens (including phenoxy) is 1. The predicted molar refractivity (Wildman–Crippen MR) is 116 cm³/mol. The molecule has 0 aliphatic carbocycles. The highest BCUT2D eigenvalue weighted by molar-refractivity contribution is 6.21. The third-order valence-corrected chi connectivity index (χ3v) is 5.14. The van der Waals surface area contributed by atoms with Crippen LogP contribution in [0.1, 0.15) is 37.8 Å². The van der Waals surface area contributed by atoms with Crippen molar-refractivity contribution >= 4 is 17.5 Å². The van der Waals surface area contributed by atoms with E-state index in [9.17, 15) is 14.9 Å². The predicted octanol–water partition coefficient (Wildman–Crippen LogP) is 4.20. The number of hydrogen-bond donors (Lipinski definition) is 0. The lowest BCUT2D eigenvalue weighted by Gasteiger charge is -2.17. The Morgan fingerprint density at radius 3 is 2.06 bits per heavy atom. The summed E-state index contributed by atoms with van der Waals surface area (Å²) in [6, 6.07) is 25.5. The highest BCUT2D eigenvalue weighted by Gasteiger charge is 2.36. The van der Waals surface area contributed by atoms with Gasteiger partial charge in [0.25, 0.3) is 11.8 Å². The molecule has 0 saturated heterocycles. The third kappa shape index (κ3) is 3.94. The van der Waals surface area contributed by atoms with Crippen LogP contribution in [-0.2, 0) is 6.42 Å². The number of hydrogen-bond acceptors (Lipinski definition) is 5. The molecule has 0 bridgehead atoms. The van der Waals surface area contributed by atoms with E-state index in [1.54, 1.807) is 55.6 Å². The molecule has 0 saturated carbocycles. The van der Waals surface area contributed by atoms with Crippen LogP contribution in [-0.4, -0.2) is 29.6 Å². The lowest BCUT2D eigenvalue weighted by atomic mass is 9.91. The summed E-state index contributed by atoms with van der Waals surface area (Å²) >= 11 is 0. The standard InChI is InChI=1S/C25H19N3O3/c1-31-19-13-11-18(12-14-19)22(16-26)23(15-17-7-3-2-4-8-17)27-28-24(29)20-9-5-6-10-21(20)25(28)30/h2-14,22H,15H2,1H3/b27-23+. The number of benzene rings is 3. The van der Waals surface area contributed by atoms with Gasteiger partial charge in [-0.25, -0.2) is 0 Å². The van der Waals surface area contributed by atoms with Crippen molar-refractivity contribution < 1.29 is 14.3 Å². The SMILES string of the molecule is COc1ccc(C(C#N)/C(Cc2ccccc2)=N/N2C(=O)c3ccccc3C2=O)cc1. The second kappa shape index (κ2) is 8.64. The highest BCUT2D eigenvalue weighted by atomic mass is 16.5. The van der Waals surface area contributed by atoms with Crippen LogP contribution in [0.2, 0.25) is 0 Å². The fourth-order valence-corrected chi connectivity index (χ4v) is 3.53. The maximum absolute atomic E-state index is 12.8. The Kier molecular flexibility index (Phi) is 5.59. The van der Waals surface area contributed by atoms with E-state index >= 15 is 0 Å². The topological polar surface area (TPSA) is 82.8 Å². The summed E-state index contributed by atoms with van der Waals surface area (Å²) in [5, 5.41) is 15.3. The van der Waals surface area contributed by atoms with Crippen LogP contribution in [0.4, 0.5) is 0 Å². The summed E-state index contributed by atoms with van der Waals surface area (Å²) in [7, 11) is 1.57. The number of carbonyl (C=O) groups excluding carboxylic acids is 2. The monoisotopic (exact) mass is 409 g/mol. The third-order valence-electron chi connectivity index (χ3n) is 5.14. The van der Waals surface area contributed by atoms with E-state index in [1.165, 1.54) is 0 Å². The van der Waals surface area contributed by atoms with Gasteiger partial charge < -0.3 is 4.74 Å². The number of hydrazone groups is 1. The van der Waals surface area contributed by atoms with Crippen molar-refractivity contribution in [3.63, 3.8) is 0 Å². The lowest BCUT2D eigenvalue weighted by Crippen LogP contribution is -2.28. The van der Waals surface area contributed by atoms with Gasteiger partial charge in [0.05, 0.1) is 30.0 Å². The molecule has 152 valence electrons. The minimum Gasteiger partial charge on any atom is -0.497 e. The minimum atomic E-state index is -0.740. The summed E-state index contributed by atoms with van der Waals surface area (Å²) in [6.45, 7) is 0. The van der Waals surface area contributed by atoms with Gasteiger partial charge in [-0.15, -0.1) is 0 Å². The largest absolute Gasteiger partial charge is 0.497 e. The number of amides is 2. The molecule has 0 spiro atoms. The van der Waals surface area contributed by atoms with E-state index < -0.39 is 17.7 Å². The second-order valence-corrected chi connectivity index (χ2v) is 7.06. The smallest absolute Gasteiger partial charge is 0.282 e. The van der Waals surface area contributed by atoms with Crippen LogP contribution in [0.5, 0.6) is 5.75 Å². The van der Waals surface area contributed by atoms with Gasteiger partial charge in [-0.2, -0.15) is 15.4 Å². The number of fused-ring (bicyclic) bond motifs is 1. The number of nitrogens with zero attached hydrogens (tertiary/aromatic N) is 3. The van der Waals surface area contributed by atoms with Crippen molar-refractivity contribution in [3.8, 4) is 11.8 Å². The number of carbonyl (C=O) groups is 2. The normalized spacial score (nSPS) is 14.2. The molecule has 0 radical (unpaired) electrons. The Balaban J connectivity index is 1.76. The molecule has 1 aliphatic heterocycles. The van der Waals surface area contributed by atoms with Gasteiger partial charge in [-0.3, -0.25) is 9.59 Å². The Labute approximate surface area is 180 Å². The molecule has 6 heteroatoms. The summed E-state index contributed by atoms with van der Waals surface area (Å²) in [6.07, 6.45) is 0.318. The number of rotatable bonds is 6.